The number of carbonyl (C=O) groups is 2. The summed E-state index contributed by atoms with van der Waals surface area (Å²) >= 11 is 0. The van der Waals surface area contributed by atoms with Gasteiger partial charge in [0.15, 0.2) is 5.82 Å². The second-order valence-electron chi connectivity index (χ2n) is 6.05. The van der Waals surface area contributed by atoms with Gasteiger partial charge >= 0.3 is 6.09 Å². The molecular weight excluding hydrogens is 336 g/mol. The number of likely N-dealkylation sites (tertiary alicyclic amines) is 1. The van der Waals surface area contributed by atoms with Crippen molar-refractivity contribution in [2.75, 3.05) is 18.4 Å². The number of para-hydroxylation sites is 1. The average Bonchev–Trinajstić information content (AvgIpc) is 3.05. The molecule has 1 aliphatic heterocycles. The third-order valence-electron chi connectivity index (χ3n) is 4.39. The number of benzene rings is 1. The van der Waals surface area contributed by atoms with Gasteiger partial charge in [0, 0.05) is 25.0 Å². The highest BCUT2D eigenvalue weighted by Crippen LogP contribution is 2.30. The molecule has 1 saturated heterocycles. The average molecular weight is 354 g/mol. The fraction of sp³-hybridized carbons (Fsp3) is 0.294. The summed E-state index contributed by atoms with van der Waals surface area (Å²) in [6.45, 7) is 0.398. The molecule has 1 fully saturated rings. The number of piperidine rings is 1. The summed E-state index contributed by atoms with van der Waals surface area (Å²) in [6, 6.07) is 11.0. The van der Waals surface area contributed by atoms with Crippen molar-refractivity contribution in [2.24, 2.45) is 11.7 Å². The molecule has 0 aliphatic carbocycles. The molecule has 1 aliphatic rings. The zero-order valence-corrected chi connectivity index (χ0v) is 13.9. The van der Waals surface area contributed by atoms with Crippen molar-refractivity contribution < 1.29 is 14.7 Å². The van der Waals surface area contributed by atoms with E-state index in [2.05, 4.69) is 16.5 Å². The lowest BCUT2D eigenvalue weighted by molar-refractivity contribution is 0.100. The summed E-state index contributed by atoms with van der Waals surface area (Å²) in [7, 11) is 0. The van der Waals surface area contributed by atoms with E-state index in [9.17, 15) is 14.9 Å². The van der Waals surface area contributed by atoms with Crippen LogP contribution in [0.3, 0.4) is 0 Å². The number of rotatable bonds is 4. The van der Waals surface area contributed by atoms with Crippen LogP contribution in [0.2, 0.25) is 0 Å². The van der Waals surface area contributed by atoms with Crippen molar-refractivity contribution in [3.05, 3.63) is 42.1 Å². The third kappa shape index (κ3) is 3.44. The summed E-state index contributed by atoms with van der Waals surface area (Å²) in [6.07, 6.45) is 0.891. The first kappa shape index (κ1) is 17.3. The first-order valence-corrected chi connectivity index (χ1v) is 8.08. The Hall–Kier alpha value is -3.54. The fourth-order valence-corrected chi connectivity index (χ4v) is 3.05. The van der Waals surface area contributed by atoms with Crippen LogP contribution in [0.15, 0.2) is 36.5 Å². The lowest BCUT2D eigenvalue weighted by Gasteiger charge is -2.33. The molecule has 2 heterocycles. The number of carbonyl (C=O) groups excluding carboxylic acids is 1. The standard InChI is InChI=1S/C17H18N6O3/c18-8-11-9-22(17(25)26)7-6-14(11)23-10-13(15(19)24)16(21-23)20-12-4-2-1-3-5-12/h1-5,10-11,14H,6-7,9H2,(H2,19,24)(H,20,21)(H,25,26). The first-order valence-electron chi connectivity index (χ1n) is 8.08. The van der Waals surface area contributed by atoms with Gasteiger partial charge in [0.25, 0.3) is 5.91 Å². The van der Waals surface area contributed by atoms with Crippen molar-refractivity contribution in [1.29, 1.82) is 5.26 Å². The maximum absolute atomic E-state index is 11.8. The van der Waals surface area contributed by atoms with Crippen molar-refractivity contribution in [3.8, 4) is 6.07 Å². The second kappa shape index (κ2) is 7.14. The van der Waals surface area contributed by atoms with E-state index >= 15 is 0 Å². The molecule has 0 spiro atoms. The molecule has 4 N–H and O–H groups in total. The highest BCUT2D eigenvalue weighted by Gasteiger charge is 2.34. The van der Waals surface area contributed by atoms with Crippen molar-refractivity contribution in [3.63, 3.8) is 0 Å². The van der Waals surface area contributed by atoms with Crippen LogP contribution in [0.25, 0.3) is 0 Å². The third-order valence-corrected chi connectivity index (χ3v) is 4.39. The number of amides is 2. The van der Waals surface area contributed by atoms with Crippen molar-refractivity contribution in [2.45, 2.75) is 12.5 Å². The van der Waals surface area contributed by atoms with E-state index in [-0.39, 0.29) is 18.2 Å². The number of hydrogen-bond acceptors (Lipinski definition) is 5. The molecule has 0 radical (unpaired) electrons. The molecule has 0 bridgehead atoms. The normalized spacial score (nSPS) is 19.6. The van der Waals surface area contributed by atoms with Gasteiger partial charge in [-0.2, -0.15) is 10.4 Å². The van der Waals surface area contributed by atoms with Crippen LogP contribution < -0.4 is 11.1 Å². The van der Waals surface area contributed by atoms with Gasteiger partial charge in [-0.25, -0.2) is 4.79 Å². The molecule has 2 unspecified atom stereocenters. The molecule has 2 atom stereocenters. The molecule has 1 aromatic carbocycles. The lowest BCUT2D eigenvalue weighted by atomic mass is 9.94. The smallest absolute Gasteiger partial charge is 0.407 e. The molecule has 26 heavy (non-hydrogen) atoms. The Balaban J connectivity index is 1.88. The Labute approximate surface area is 149 Å². The molecule has 3 rings (SSSR count). The van der Waals surface area contributed by atoms with Gasteiger partial charge in [-0.05, 0) is 18.6 Å². The lowest BCUT2D eigenvalue weighted by Crippen LogP contribution is -2.43. The SMILES string of the molecule is N#CC1CN(C(=O)O)CCC1n1cc(C(N)=O)c(Nc2ccccc2)n1. The van der Waals surface area contributed by atoms with E-state index in [0.717, 1.165) is 5.69 Å². The number of nitrogens with one attached hydrogen (secondary N) is 1. The van der Waals surface area contributed by atoms with Gasteiger partial charge < -0.3 is 21.1 Å². The van der Waals surface area contributed by atoms with Gasteiger partial charge in [-0.1, -0.05) is 18.2 Å². The Morgan fingerprint density at radius 2 is 2.08 bits per heavy atom. The predicted molar refractivity (Wildman–Crippen MR) is 92.8 cm³/mol. The summed E-state index contributed by atoms with van der Waals surface area (Å²) in [4.78, 5) is 24.1. The molecule has 2 amide bonds. The molecular formula is C17H18N6O3. The van der Waals surface area contributed by atoms with E-state index in [0.29, 0.717) is 18.8 Å². The van der Waals surface area contributed by atoms with Crippen LogP contribution in [-0.2, 0) is 0 Å². The highest BCUT2D eigenvalue weighted by molar-refractivity contribution is 5.98. The zero-order valence-electron chi connectivity index (χ0n) is 13.9. The number of anilines is 2. The number of aromatic nitrogens is 2. The van der Waals surface area contributed by atoms with Crippen molar-refractivity contribution in [1.82, 2.24) is 14.7 Å². The summed E-state index contributed by atoms with van der Waals surface area (Å²) in [5, 5.41) is 26.0. The van der Waals surface area contributed by atoms with E-state index in [1.165, 1.54) is 11.1 Å². The van der Waals surface area contributed by atoms with Crippen LogP contribution in [0, 0.1) is 17.2 Å². The maximum Gasteiger partial charge on any atom is 0.407 e. The van der Waals surface area contributed by atoms with Crippen LogP contribution in [0.4, 0.5) is 16.3 Å². The number of nitrogens with zero attached hydrogens (tertiary/aromatic N) is 4. The Bertz CT molecular complexity index is 857. The largest absolute Gasteiger partial charge is 0.465 e. The minimum absolute atomic E-state index is 0.101. The Morgan fingerprint density at radius 3 is 2.69 bits per heavy atom. The van der Waals surface area contributed by atoms with Crippen LogP contribution >= 0.6 is 0 Å². The van der Waals surface area contributed by atoms with E-state index < -0.39 is 17.9 Å². The van der Waals surface area contributed by atoms with Gasteiger partial charge in [0.2, 0.25) is 0 Å². The number of nitrogens with two attached hydrogens (primary N) is 1. The Morgan fingerprint density at radius 1 is 1.35 bits per heavy atom. The maximum atomic E-state index is 11.8. The topological polar surface area (TPSA) is 137 Å². The molecule has 2 aromatic rings. The van der Waals surface area contributed by atoms with E-state index in [1.807, 2.05) is 30.3 Å². The van der Waals surface area contributed by atoms with Gasteiger partial charge in [0.1, 0.15) is 5.56 Å². The summed E-state index contributed by atoms with van der Waals surface area (Å²) in [5.41, 5.74) is 6.42. The number of nitriles is 1. The summed E-state index contributed by atoms with van der Waals surface area (Å²) < 4.78 is 1.54. The van der Waals surface area contributed by atoms with Crippen LogP contribution in [0.1, 0.15) is 22.8 Å². The van der Waals surface area contributed by atoms with Crippen LogP contribution in [0.5, 0.6) is 0 Å². The minimum atomic E-state index is -1.05. The molecule has 0 saturated carbocycles. The minimum Gasteiger partial charge on any atom is -0.465 e. The quantitative estimate of drug-likeness (QED) is 0.765. The van der Waals surface area contributed by atoms with Crippen molar-refractivity contribution >= 4 is 23.5 Å². The Kier molecular flexibility index (Phi) is 4.75. The number of primary amides is 1. The molecule has 1 aromatic heterocycles. The summed E-state index contributed by atoms with van der Waals surface area (Å²) in [5.74, 6) is -0.891. The number of hydrogen-bond donors (Lipinski definition) is 3. The zero-order chi connectivity index (χ0) is 18.7. The molecule has 9 heteroatoms. The first-order chi connectivity index (χ1) is 12.5. The second-order valence-corrected chi connectivity index (χ2v) is 6.05. The van der Waals surface area contributed by atoms with Crippen LogP contribution in [-0.4, -0.2) is 44.9 Å². The van der Waals surface area contributed by atoms with E-state index in [4.69, 9.17) is 10.8 Å². The van der Waals surface area contributed by atoms with Gasteiger partial charge in [-0.15, -0.1) is 0 Å². The highest BCUT2D eigenvalue weighted by atomic mass is 16.4. The van der Waals surface area contributed by atoms with Gasteiger partial charge in [-0.3, -0.25) is 9.48 Å². The monoisotopic (exact) mass is 354 g/mol. The predicted octanol–water partition coefficient (Wildman–Crippen LogP) is 1.79. The fourth-order valence-electron chi connectivity index (χ4n) is 3.05. The van der Waals surface area contributed by atoms with Gasteiger partial charge in [0.05, 0.1) is 18.0 Å². The molecule has 134 valence electrons. The molecule has 9 nitrogen and oxygen atoms in total. The van der Waals surface area contributed by atoms with E-state index in [1.54, 1.807) is 4.68 Å². The number of carboxylic acid groups (broad SMARTS) is 1.